The van der Waals surface area contributed by atoms with Gasteiger partial charge in [0.25, 0.3) is 0 Å². The maximum atomic E-state index is 14.1. The minimum Gasteiger partial charge on any atom is -0.421 e. The number of hydrogen-bond acceptors (Lipinski definition) is 6. The van der Waals surface area contributed by atoms with Crippen LogP contribution in [-0.2, 0) is 0 Å². The maximum Gasteiger partial charge on any atom is 0.345 e. The molecule has 0 aliphatic carbocycles. The lowest BCUT2D eigenvalue weighted by molar-refractivity contribution is 0.112. The SMILES string of the molecule is O=Cc1cn(-c2nc3ncccc3cc2-c2cccc(F)c2)nc1-c1cc2cc(Cl)cc(Cl)c2oc1=O. The molecule has 0 radical (unpaired) electrons. The minimum absolute atomic E-state index is 0.0397. The zero-order valence-electron chi connectivity index (χ0n) is 18.7. The van der Waals surface area contributed by atoms with E-state index < -0.39 is 11.4 Å². The Labute approximate surface area is 217 Å². The normalized spacial score (nSPS) is 11.3. The molecule has 0 fully saturated rings. The average Bonchev–Trinajstić information content (AvgIpc) is 3.32. The van der Waals surface area contributed by atoms with Gasteiger partial charge in [-0.3, -0.25) is 4.79 Å². The molecule has 0 atom stereocenters. The van der Waals surface area contributed by atoms with Gasteiger partial charge in [0.15, 0.2) is 23.3 Å². The summed E-state index contributed by atoms with van der Waals surface area (Å²) < 4.78 is 20.9. The van der Waals surface area contributed by atoms with Gasteiger partial charge in [-0.25, -0.2) is 23.8 Å². The third-order valence-electron chi connectivity index (χ3n) is 5.80. The summed E-state index contributed by atoms with van der Waals surface area (Å²) in [6.45, 7) is 0. The number of aldehydes is 1. The first-order chi connectivity index (χ1) is 17.9. The summed E-state index contributed by atoms with van der Waals surface area (Å²) >= 11 is 12.3. The van der Waals surface area contributed by atoms with Gasteiger partial charge in [0.1, 0.15) is 11.5 Å². The maximum absolute atomic E-state index is 14.1. The fourth-order valence-electron chi connectivity index (χ4n) is 4.15. The molecule has 0 aliphatic rings. The molecule has 37 heavy (non-hydrogen) atoms. The molecule has 2 aromatic carbocycles. The van der Waals surface area contributed by atoms with Crippen molar-refractivity contribution in [2.45, 2.75) is 0 Å². The van der Waals surface area contributed by atoms with Crippen molar-refractivity contribution in [2.75, 3.05) is 0 Å². The van der Waals surface area contributed by atoms with Crippen molar-refractivity contribution in [1.82, 2.24) is 19.7 Å². The number of carbonyl (C=O) groups excluding carboxylic acids is 1. The number of carbonyl (C=O) groups is 1. The van der Waals surface area contributed by atoms with Crippen LogP contribution in [-0.4, -0.2) is 26.0 Å². The van der Waals surface area contributed by atoms with Crippen LogP contribution in [0, 0.1) is 5.82 Å². The number of halogens is 3. The number of pyridine rings is 2. The Morgan fingerprint density at radius 2 is 1.81 bits per heavy atom. The van der Waals surface area contributed by atoms with Crippen molar-refractivity contribution in [3.05, 3.63) is 105 Å². The highest BCUT2D eigenvalue weighted by Crippen LogP contribution is 2.32. The van der Waals surface area contributed by atoms with Gasteiger partial charge in [-0.15, -0.1) is 0 Å². The number of benzene rings is 2. The topological polar surface area (TPSA) is 90.9 Å². The molecule has 0 amide bonds. The summed E-state index contributed by atoms with van der Waals surface area (Å²) in [4.78, 5) is 33.9. The van der Waals surface area contributed by atoms with Crippen molar-refractivity contribution in [1.29, 1.82) is 0 Å². The highest BCUT2D eigenvalue weighted by atomic mass is 35.5. The average molecular weight is 531 g/mol. The van der Waals surface area contributed by atoms with E-state index >= 15 is 0 Å². The third-order valence-corrected chi connectivity index (χ3v) is 6.30. The molecule has 4 aromatic heterocycles. The van der Waals surface area contributed by atoms with Crippen LogP contribution < -0.4 is 5.63 Å². The Bertz CT molecular complexity index is 1930. The van der Waals surface area contributed by atoms with E-state index in [-0.39, 0.29) is 27.4 Å². The van der Waals surface area contributed by atoms with Crippen LogP contribution in [0.25, 0.3) is 50.2 Å². The van der Waals surface area contributed by atoms with Crippen molar-refractivity contribution < 1.29 is 13.6 Å². The summed E-state index contributed by atoms with van der Waals surface area (Å²) in [7, 11) is 0. The van der Waals surface area contributed by atoms with Crippen molar-refractivity contribution >= 4 is 51.5 Å². The highest BCUT2D eigenvalue weighted by molar-refractivity contribution is 6.38. The van der Waals surface area contributed by atoms with Crippen LogP contribution in [0.15, 0.2) is 82.3 Å². The summed E-state index contributed by atoms with van der Waals surface area (Å²) in [5.74, 6) is -0.127. The lowest BCUT2D eigenvalue weighted by Crippen LogP contribution is -2.06. The Morgan fingerprint density at radius 1 is 0.973 bits per heavy atom. The van der Waals surface area contributed by atoms with Gasteiger partial charge in [0, 0.05) is 33.8 Å². The molecule has 0 unspecified atom stereocenters. The molecular formula is C27H13Cl2FN4O3. The fraction of sp³-hybridized carbons (Fsp3) is 0. The standard InChI is InChI=1S/C27H13Cl2FN4O3/c28-18-7-16-10-21(27(36)37-24(16)22(29)11-18)23-17(13-35)12-34(33-23)26-20(14-3-1-5-19(30)8-14)9-15-4-2-6-31-25(15)32-26/h1-13H. The molecule has 0 saturated carbocycles. The van der Waals surface area contributed by atoms with Crippen molar-refractivity contribution in [3.63, 3.8) is 0 Å². The number of aromatic nitrogens is 4. The Kier molecular flexibility index (Phi) is 5.55. The van der Waals surface area contributed by atoms with E-state index in [4.69, 9.17) is 27.6 Å². The molecule has 10 heteroatoms. The van der Waals surface area contributed by atoms with Crippen LogP contribution in [0.1, 0.15) is 10.4 Å². The first kappa shape index (κ1) is 23.0. The number of fused-ring (bicyclic) bond motifs is 2. The summed E-state index contributed by atoms with van der Waals surface area (Å²) in [5.41, 5.74) is 1.20. The first-order valence-corrected chi connectivity index (χ1v) is 11.7. The molecule has 0 N–H and O–H groups in total. The predicted molar refractivity (Wildman–Crippen MR) is 139 cm³/mol. The van der Waals surface area contributed by atoms with Gasteiger partial charge in [-0.05, 0) is 54.1 Å². The van der Waals surface area contributed by atoms with Gasteiger partial charge < -0.3 is 4.42 Å². The molecule has 6 rings (SSSR count). The van der Waals surface area contributed by atoms with Crippen LogP contribution in [0.3, 0.4) is 0 Å². The molecule has 4 heterocycles. The molecule has 0 aliphatic heterocycles. The van der Waals surface area contributed by atoms with E-state index in [1.807, 2.05) is 12.1 Å². The first-order valence-electron chi connectivity index (χ1n) is 10.9. The zero-order chi connectivity index (χ0) is 25.7. The quantitative estimate of drug-likeness (QED) is 0.190. The van der Waals surface area contributed by atoms with Crippen LogP contribution in [0.4, 0.5) is 4.39 Å². The molecule has 0 bridgehead atoms. The highest BCUT2D eigenvalue weighted by Gasteiger charge is 2.21. The van der Waals surface area contributed by atoms with Crippen LogP contribution >= 0.6 is 23.2 Å². The van der Waals surface area contributed by atoms with Gasteiger partial charge in [-0.2, -0.15) is 5.10 Å². The largest absolute Gasteiger partial charge is 0.421 e. The molecule has 7 nitrogen and oxygen atoms in total. The second kappa shape index (κ2) is 8.92. The van der Waals surface area contributed by atoms with E-state index in [9.17, 15) is 14.0 Å². The molecular weight excluding hydrogens is 518 g/mol. The third kappa shape index (κ3) is 4.06. The Balaban J connectivity index is 1.60. The van der Waals surface area contributed by atoms with E-state index in [0.717, 1.165) is 5.39 Å². The lowest BCUT2D eigenvalue weighted by atomic mass is 10.0. The fourth-order valence-corrected chi connectivity index (χ4v) is 4.70. The number of hydrogen-bond donors (Lipinski definition) is 0. The summed E-state index contributed by atoms with van der Waals surface area (Å²) in [6.07, 6.45) is 3.62. The smallest absolute Gasteiger partial charge is 0.345 e. The van der Waals surface area contributed by atoms with Crippen molar-refractivity contribution in [2.24, 2.45) is 0 Å². The van der Waals surface area contributed by atoms with E-state index in [1.54, 1.807) is 30.5 Å². The van der Waals surface area contributed by atoms with Gasteiger partial charge >= 0.3 is 5.63 Å². The van der Waals surface area contributed by atoms with E-state index in [0.29, 0.717) is 39.3 Å². The number of nitrogens with zero attached hydrogens (tertiary/aromatic N) is 4. The van der Waals surface area contributed by atoms with Gasteiger partial charge in [0.05, 0.1) is 16.1 Å². The Hall–Kier alpha value is -4.40. The summed E-state index contributed by atoms with van der Waals surface area (Å²) in [6, 6.07) is 16.0. The predicted octanol–water partition coefficient (Wildman–Crippen LogP) is 6.51. The minimum atomic E-state index is -0.733. The van der Waals surface area contributed by atoms with E-state index in [1.165, 1.54) is 35.1 Å². The van der Waals surface area contributed by atoms with Crippen LogP contribution in [0.2, 0.25) is 10.0 Å². The molecule has 6 aromatic rings. The van der Waals surface area contributed by atoms with Gasteiger partial charge in [0.2, 0.25) is 0 Å². The van der Waals surface area contributed by atoms with E-state index in [2.05, 4.69) is 15.1 Å². The van der Waals surface area contributed by atoms with Crippen LogP contribution in [0.5, 0.6) is 0 Å². The zero-order valence-corrected chi connectivity index (χ0v) is 20.2. The molecule has 0 saturated heterocycles. The molecule has 0 spiro atoms. The second-order valence-corrected chi connectivity index (χ2v) is 9.01. The van der Waals surface area contributed by atoms with Gasteiger partial charge in [-0.1, -0.05) is 35.3 Å². The second-order valence-electron chi connectivity index (χ2n) is 8.17. The monoisotopic (exact) mass is 530 g/mol. The molecule has 180 valence electrons. The lowest BCUT2D eigenvalue weighted by Gasteiger charge is -2.11. The number of rotatable bonds is 4. The summed E-state index contributed by atoms with van der Waals surface area (Å²) in [5, 5.41) is 6.26. The Morgan fingerprint density at radius 3 is 2.62 bits per heavy atom. The van der Waals surface area contributed by atoms with Crippen molar-refractivity contribution in [3.8, 4) is 28.2 Å².